The van der Waals surface area contributed by atoms with E-state index in [0.29, 0.717) is 0 Å². The maximum Gasteiger partial charge on any atom is 0.0540 e. The Morgan fingerprint density at radius 2 is 0.378 bits per heavy atom. The second-order valence-corrected chi connectivity index (χ2v) is 21.0. The molecular weight excluding hydrogens is 993 g/mol. The molecule has 0 spiro atoms. The molecule has 0 saturated carbocycles. The second-order valence-electron chi connectivity index (χ2n) is 21.0. The lowest BCUT2D eigenvalue weighted by Crippen LogP contribution is -2.13. The summed E-state index contributed by atoms with van der Waals surface area (Å²) in [5, 5.41) is 9.58. The molecule has 0 aromatic heterocycles. The predicted molar refractivity (Wildman–Crippen MR) is 350 cm³/mol. The van der Waals surface area contributed by atoms with Gasteiger partial charge in [-0.05, 0) is 167 Å². The van der Waals surface area contributed by atoms with E-state index in [1.807, 2.05) is 0 Å². The summed E-state index contributed by atoms with van der Waals surface area (Å²) >= 11 is 0. The number of fused-ring (bicyclic) bond motifs is 4. The van der Waals surface area contributed by atoms with E-state index in [-0.39, 0.29) is 0 Å². The van der Waals surface area contributed by atoms with Gasteiger partial charge in [0, 0.05) is 67.0 Å². The summed E-state index contributed by atoms with van der Waals surface area (Å²) < 4.78 is 0. The summed E-state index contributed by atoms with van der Waals surface area (Å²) in [5.74, 6) is 0. The Balaban J connectivity index is 0.822. The van der Waals surface area contributed by atoms with Crippen LogP contribution < -0.4 is 19.6 Å². The van der Waals surface area contributed by atoms with Gasteiger partial charge in [-0.1, -0.05) is 206 Å². The van der Waals surface area contributed by atoms with E-state index in [2.05, 4.69) is 349 Å². The molecule has 4 nitrogen and oxygen atoms in total. The van der Waals surface area contributed by atoms with E-state index in [1.165, 1.54) is 54.2 Å². The molecule has 0 aliphatic carbocycles. The van der Waals surface area contributed by atoms with E-state index < -0.39 is 0 Å². The second kappa shape index (κ2) is 21.5. The van der Waals surface area contributed by atoms with Crippen molar-refractivity contribution in [3.05, 3.63) is 327 Å². The fourth-order valence-corrected chi connectivity index (χ4v) is 12.0. The molecule has 0 bridgehead atoms. The zero-order valence-corrected chi connectivity index (χ0v) is 45.8. The summed E-state index contributed by atoms with van der Waals surface area (Å²) in [7, 11) is 0. The summed E-state index contributed by atoms with van der Waals surface area (Å²) in [4.78, 5) is 9.58. The van der Waals surface area contributed by atoms with Gasteiger partial charge in [0.1, 0.15) is 0 Å². The van der Waals surface area contributed by atoms with Gasteiger partial charge in [0.15, 0.2) is 0 Å². The molecule has 0 fully saturated rings. The number of aryl methyl sites for hydroxylation is 2. The Hall–Kier alpha value is -10.7. The average molecular weight is 1050 g/mol. The standard InChI is InChI=1S/C78H58N4/c1-55-19-3-13-33-73(55)81(77-37-17-27-61-23-7-11-31-71(61)77)67-51-47-65(48-52-67)79(75-35-15-25-59-21-5-9-29-69(59)75)63-43-39-57(40-44-63)58-41-45-64(46-42-58)80(76-36-16-26-60-22-6-10-30-70(60)76)66-49-53-68(54-50-66)82(74-34-14-4-20-56(74)2)78-38-18-28-62-24-8-12-32-72(62)78/h3-54H,1-2H3. The Morgan fingerprint density at radius 3 is 0.671 bits per heavy atom. The lowest BCUT2D eigenvalue weighted by atomic mass is 10.0. The van der Waals surface area contributed by atoms with Crippen molar-refractivity contribution < 1.29 is 0 Å². The van der Waals surface area contributed by atoms with E-state index in [4.69, 9.17) is 0 Å². The van der Waals surface area contributed by atoms with Crippen LogP contribution in [0.5, 0.6) is 0 Å². The van der Waals surface area contributed by atoms with Crippen molar-refractivity contribution in [1.82, 2.24) is 0 Å². The quantitative estimate of drug-likeness (QED) is 0.114. The van der Waals surface area contributed by atoms with Gasteiger partial charge < -0.3 is 19.6 Å². The van der Waals surface area contributed by atoms with Crippen LogP contribution in [0.25, 0.3) is 54.2 Å². The minimum Gasteiger partial charge on any atom is -0.310 e. The number of benzene rings is 14. The lowest BCUT2D eigenvalue weighted by molar-refractivity contribution is 1.25. The van der Waals surface area contributed by atoms with Crippen molar-refractivity contribution in [2.24, 2.45) is 0 Å². The van der Waals surface area contributed by atoms with Gasteiger partial charge in [-0.15, -0.1) is 0 Å². The molecular formula is C78H58N4. The van der Waals surface area contributed by atoms with Crippen LogP contribution in [0.1, 0.15) is 11.1 Å². The summed E-state index contributed by atoms with van der Waals surface area (Å²) in [5.41, 5.74) is 18.0. The highest BCUT2D eigenvalue weighted by Gasteiger charge is 2.23. The molecule has 390 valence electrons. The van der Waals surface area contributed by atoms with Gasteiger partial charge in [0.05, 0.1) is 22.7 Å². The molecule has 0 atom stereocenters. The summed E-state index contributed by atoms with van der Waals surface area (Å²) in [6.07, 6.45) is 0. The molecule has 0 unspecified atom stereocenters. The van der Waals surface area contributed by atoms with Gasteiger partial charge in [-0.3, -0.25) is 0 Å². The molecule has 0 N–H and O–H groups in total. The van der Waals surface area contributed by atoms with Crippen LogP contribution in [0.15, 0.2) is 315 Å². The molecule has 0 amide bonds. The van der Waals surface area contributed by atoms with E-state index in [9.17, 15) is 0 Å². The lowest BCUT2D eigenvalue weighted by Gasteiger charge is -2.30. The van der Waals surface area contributed by atoms with Crippen molar-refractivity contribution in [2.75, 3.05) is 19.6 Å². The zero-order chi connectivity index (χ0) is 54.9. The molecule has 14 rings (SSSR count). The van der Waals surface area contributed by atoms with Crippen LogP contribution in [0.3, 0.4) is 0 Å². The minimum atomic E-state index is 1.07. The van der Waals surface area contributed by atoms with Crippen LogP contribution in [-0.2, 0) is 0 Å². The van der Waals surface area contributed by atoms with Crippen molar-refractivity contribution in [1.29, 1.82) is 0 Å². The molecule has 82 heavy (non-hydrogen) atoms. The minimum absolute atomic E-state index is 1.07. The Labute approximate surface area is 479 Å². The van der Waals surface area contributed by atoms with Gasteiger partial charge in [0.25, 0.3) is 0 Å². The van der Waals surface area contributed by atoms with Crippen LogP contribution >= 0.6 is 0 Å². The molecule has 4 heteroatoms. The van der Waals surface area contributed by atoms with E-state index >= 15 is 0 Å². The maximum absolute atomic E-state index is 2.40. The molecule has 14 aromatic rings. The van der Waals surface area contributed by atoms with Crippen LogP contribution in [0.2, 0.25) is 0 Å². The van der Waals surface area contributed by atoms with Crippen LogP contribution in [-0.4, -0.2) is 0 Å². The molecule has 0 aliphatic rings. The molecule has 14 aromatic carbocycles. The Morgan fingerprint density at radius 1 is 0.171 bits per heavy atom. The zero-order valence-electron chi connectivity index (χ0n) is 45.8. The smallest absolute Gasteiger partial charge is 0.0540 e. The number of nitrogens with zero attached hydrogens (tertiary/aromatic N) is 4. The van der Waals surface area contributed by atoms with Gasteiger partial charge in [-0.2, -0.15) is 0 Å². The van der Waals surface area contributed by atoms with Crippen LogP contribution in [0, 0.1) is 13.8 Å². The van der Waals surface area contributed by atoms with Crippen molar-refractivity contribution >= 4 is 111 Å². The highest BCUT2D eigenvalue weighted by molar-refractivity contribution is 6.03. The normalized spacial score (nSPS) is 11.3. The first kappa shape index (κ1) is 49.6. The first-order chi connectivity index (χ1) is 40.5. The Bertz CT molecular complexity index is 4290. The molecule has 0 heterocycles. The largest absolute Gasteiger partial charge is 0.310 e. The topological polar surface area (TPSA) is 13.0 Å². The van der Waals surface area contributed by atoms with Crippen LogP contribution in [0.4, 0.5) is 68.2 Å². The number of para-hydroxylation sites is 2. The van der Waals surface area contributed by atoms with Gasteiger partial charge >= 0.3 is 0 Å². The third-order valence-corrected chi connectivity index (χ3v) is 16.1. The fourth-order valence-electron chi connectivity index (χ4n) is 12.0. The number of rotatable bonds is 13. The monoisotopic (exact) mass is 1050 g/mol. The van der Waals surface area contributed by atoms with Gasteiger partial charge in [0.2, 0.25) is 0 Å². The molecule has 0 radical (unpaired) electrons. The third kappa shape index (κ3) is 9.22. The number of anilines is 12. The number of hydrogen-bond acceptors (Lipinski definition) is 4. The number of hydrogen-bond donors (Lipinski definition) is 0. The third-order valence-electron chi connectivity index (χ3n) is 16.1. The average Bonchev–Trinajstić information content (AvgIpc) is 3.73. The van der Waals surface area contributed by atoms with Crippen molar-refractivity contribution in [3.8, 4) is 11.1 Å². The SMILES string of the molecule is Cc1ccccc1N(c1ccc(N(c2ccc(-c3ccc(N(c4ccc(N(c5ccccc5C)c5cccc6ccccc56)cc4)c4cccc5ccccc45)cc3)cc2)c2cccc3ccccc23)cc1)c1cccc2ccccc12. The fraction of sp³-hybridized carbons (Fsp3) is 0.0256. The molecule has 0 aliphatic heterocycles. The predicted octanol–water partition coefficient (Wildman–Crippen LogP) is 22.5. The van der Waals surface area contributed by atoms with Crippen molar-refractivity contribution in [3.63, 3.8) is 0 Å². The van der Waals surface area contributed by atoms with E-state index in [0.717, 1.165) is 79.4 Å². The summed E-state index contributed by atoms with van der Waals surface area (Å²) in [6.45, 7) is 4.38. The highest BCUT2D eigenvalue weighted by atomic mass is 15.2. The van der Waals surface area contributed by atoms with Crippen molar-refractivity contribution in [2.45, 2.75) is 13.8 Å². The van der Waals surface area contributed by atoms with E-state index in [1.54, 1.807) is 0 Å². The first-order valence-electron chi connectivity index (χ1n) is 28.2. The highest BCUT2D eigenvalue weighted by Crippen LogP contribution is 2.47. The maximum atomic E-state index is 2.40. The Kier molecular flexibility index (Phi) is 13.0. The van der Waals surface area contributed by atoms with Gasteiger partial charge in [-0.25, -0.2) is 0 Å². The molecule has 0 saturated heterocycles. The summed E-state index contributed by atoms with van der Waals surface area (Å²) in [6, 6.07) is 114. The first-order valence-corrected chi connectivity index (χ1v) is 28.2.